The Bertz CT molecular complexity index is 410. The van der Waals surface area contributed by atoms with Crippen LogP contribution in [0.1, 0.15) is 44.9 Å². The van der Waals surface area contributed by atoms with Crippen molar-refractivity contribution in [2.24, 2.45) is 0 Å². The van der Waals surface area contributed by atoms with E-state index in [-0.39, 0.29) is 22.5 Å². The van der Waals surface area contributed by atoms with Crippen molar-refractivity contribution in [1.82, 2.24) is 5.32 Å². The Morgan fingerprint density at radius 1 is 1.06 bits per heavy atom. The van der Waals surface area contributed by atoms with Crippen molar-refractivity contribution in [2.45, 2.75) is 61.1 Å². The van der Waals surface area contributed by atoms with Gasteiger partial charge in [-0.3, -0.25) is 4.79 Å². The molecule has 0 aromatic heterocycles. The van der Waals surface area contributed by atoms with Crippen LogP contribution in [0.2, 0.25) is 0 Å². The minimum Gasteiger partial charge on any atom is -0.351 e. The van der Waals surface area contributed by atoms with Crippen LogP contribution in [-0.4, -0.2) is 36.2 Å². The molecule has 2 fully saturated rings. The lowest BCUT2D eigenvalue weighted by molar-refractivity contribution is -0.121. The number of halogens is 1. The molecule has 0 aromatic rings. The molecule has 18 heavy (non-hydrogen) atoms. The molecule has 1 aliphatic heterocycles. The molecule has 104 valence electrons. The lowest BCUT2D eigenvalue weighted by Gasteiger charge is -2.30. The van der Waals surface area contributed by atoms with E-state index in [9.17, 15) is 13.2 Å². The highest BCUT2D eigenvalue weighted by atomic mass is 79.9. The summed E-state index contributed by atoms with van der Waals surface area (Å²) >= 11 is 3.57. The first-order chi connectivity index (χ1) is 8.50. The number of rotatable bonds is 2. The van der Waals surface area contributed by atoms with Gasteiger partial charge < -0.3 is 5.32 Å². The number of alkyl halides is 1. The molecule has 1 heterocycles. The van der Waals surface area contributed by atoms with Gasteiger partial charge in [-0.2, -0.15) is 0 Å². The number of nitrogens with one attached hydrogen (secondary N) is 1. The van der Waals surface area contributed by atoms with Crippen molar-refractivity contribution in [1.29, 1.82) is 0 Å². The van der Waals surface area contributed by atoms with Gasteiger partial charge in [0.25, 0.3) is 0 Å². The van der Waals surface area contributed by atoms with Crippen LogP contribution in [0.3, 0.4) is 0 Å². The maximum atomic E-state index is 12.1. The molecular weight excluding hydrogens is 318 g/mol. The molecule has 3 unspecified atom stereocenters. The van der Waals surface area contributed by atoms with E-state index in [2.05, 4.69) is 21.2 Å². The van der Waals surface area contributed by atoms with Crippen LogP contribution < -0.4 is 5.32 Å². The van der Waals surface area contributed by atoms with Crippen molar-refractivity contribution in [3.63, 3.8) is 0 Å². The number of carbonyl (C=O) groups is 1. The van der Waals surface area contributed by atoms with E-state index in [1.165, 1.54) is 6.42 Å². The van der Waals surface area contributed by atoms with Crippen LogP contribution >= 0.6 is 15.9 Å². The van der Waals surface area contributed by atoms with E-state index >= 15 is 0 Å². The zero-order valence-electron chi connectivity index (χ0n) is 10.4. The molecular formula is C12H20BrNO3S. The molecule has 0 bridgehead atoms. The molecule has 6 heteroatoms. The van der Waals surface area contributed by atoms with Gasteiger partial charge in [0.05, 0.1) is 5.75 Å². The fourth-order valence-corrected chi connectivity index (χ4v) is 5.30. The molecule has 1 amide bonds. The molecule has 2 rings (SSSR count). The maximum absolute atomic E-state index is 12.1. The highest BCUT2D eigenvalue weighted by Gasteiger charge is 2.36. The van der Waals surface area contributed by atoms with Crippen molar-refractivity contribution in [2.75, 3.05) is 5.75 Å². The van der Waals surface area contributed by atoms with Crippen LogP contribution in [0.4, 0.5) is 0 Å². The van der Waals surface area contributed by atoms with E-state index in [1.54, 1.807) is 0 Å². The standard InChI is InChI=1S/C12H20BrNO3S/c13-9-5-1-2-6-10(9)14-12(15)11-7-3-4-8-18(11,16)17/h9-11H,1-8H2,(H,14,15). The Morgan fingerprint density at radius 2 is 1.72 bits per heavy atom. The molecule has 4 nitrogen and oxygen atoms in total. The van der Waals surface area contributed by atoms with Gasteiger partial charge >= 0.3 is 0 Å². The molecule has 1 saturated carbocycles. The number of carbonyl (C=O) groups excluding carboxylic acids is 1. The number of hydrogen-bond acceptors (Lipinski definition) is 3. The minimum absolute atomic E-state index is 0.0865. The zero-order chi connectivity index (χ0) is 13.2. The topological polar surface area (TPSA) is 63.2 Å². The van der Waals surface area contributed by atoms with E-state index in [0.717, 1.165) is 25.7 Å². The average Bonchev–Trinajstić information content (AvgIpc) is 2.31. The van der Waals surface area contributed by atoms with Crippen LogP contribution in [0.25, 0.3) is 0 Å². The Hall–Kier alpha value is -0.100. The monoisotopic (exact) mass is 337 g/mol. The van der Waals surface area contributed by atoms with E-state index < -0.39 is 15.1 Å². The summed E-state index contributed by atoms with van der Waals surface area (Å²) in [5.41, 5.74) is 0. The number of hydrogen-bond donors (Lipinski definition) is 1. The summed E-state index contributed by atoms with van der Waals surface area (Å²) < 4.78 is 23.7. The van der Waals surface area contributed by atoms with Gasteiger partial charge in [0.1, 0.15) is 5.25 Å². The summed E-state index contributed by atoms with van der Waals surface area (Å²) in [4.78, 5) is 12.4. The Labute approximate surface area is 117 Å². The lowest BCUT2D eigenvalue weighted by atomic mass is 9.95. The first kappa shape index (κ1) is 14.3. The van der Waals surface area contributed by atoms with Crippen molar-refractivity contribution >= 4 is 31.7 Å². The number of amides is 1. The summed E-state index contributed by atoms with van der Waals surface area (Å²) in [6.45, 7) is 0. The summed E-state index contributed by atoms with van der Waals surface area (Å²) in [6, 6.07) is 0.0865. The fraction of sp³-hybridized carbons (Fsp3) is 0.917. The second-order valence-electron chi connectivity index (χ2n) is 5.27. The SMILES string of the molecule is O=C(NC1CCCCC1Br)C1CCCCS1(=O)=O. The quantitative estimate of drug-likeness (QED) is 0.781. The van der Waals surface area contributed by atoms with Gasteiger partial charge in [0.2, 0.25) is 5.91 Å². The molecule has 3 atom stereocenters. The van der Waals surface area contributed by atoms with Gasteiger partial charge in [-0.15, -0.1) is 0 Å². The minimum atomic E-state index is -3.22. The molecule has 1 N–H and O–H groups in total. The second-order valence-corrected chi connectivity index (χ2v) is 8.75. The van der Waals surface area contributed by atoms with Crippen LogP contribution in [0, 0.1) is 0 Å². The molecule has 0 spiro atoms. The smallest absolute Gasteiger partial charge is 0.238 e. The summed E-state index contributed by atoms with van der Waals surface area (Å²) in [5.74, 6) is -0.126. The van der Waals surface area contributed by atoms with Crippen LogP contribution in [0.5, 0.6) is 0 Å². The second kappa shape index (κ2) is 5.90. The van der Waals surface area contributed by atoms with Gasteiger partial charge in [0, 0.05) is 10.9 Å². The Morgan fingerprint density at radius 3 is 2.39 bits per heavy atom. The van der Waals surface area contributed by atoms with Crippen LogP contribution in [-0.2, 0) is 14.6 Å². The number of sulfone groups is 1. The molecule has 1 saturated heterocycles. The Kier molecular flexibility index (Phi) is 4.69. The van der Waals surface area contributed by atoms with E-state index in [4.69, 9.17) is 0 Å². The summed E-state index contributed by atoms with van der Waals surface area (Å²) in [5, 5.41) is 2.12. The third-order valence-corrected chi connectivity index (χ3v) is 7.15. The Balaban J connectivity index is 1.98. The average molecular weight is 338 g/mol. The fourth-order valence-electron chi connectivity index (χ4n) is 2.77. The molecule has 0 radical (unpaired) electrons. The summed E-state index contributed by atoms with van der Waals surface area (Å²) in [7, 11) is -3.22. The van der Waals surface area contributed by atoms with Gasteiger partial charge in [-0.05, 0) is 25.7 Å². The van der Waals surface area contributed by atoms with Crippen LogP contribution in [0.15, 0.2) is 0 Å². The third-order valence-electron chi connectivity index (χ3n) is 3.88. The predicted molar refractivity (Wildman–Crippen MR) is 74.5 cm³/mol. The first-order valence-electron chi connectivity index (χ1n) is 6.67. The van der Waals surface area contributed by atoms with Gasteiger partial charge in [0.15, 0.2) is 9.84 Å². The van der Waals surface area contributed by atoms with E-state index in [0.29, 0.717) is 12.8 Å². The van der Waals surface area contributed by atoms with Crippen molar-refractivity contribution < 1.29 is 13.2 Å². The third kappa shape index (κ3) is 3.26. The van der Waals surface area contributed by atoms with Gasteiger partial charge in [-0.25, -0.2) is 8.42 Å². The summed E-state index contributed by atoms with van der Waals surface area (Å²) in [6.07, 6.45) is 6.26. The van der Waals surface area contributed by atoms with E-state index in [1.807, 2.05) is 0 Å². The lowest BCUT2D eigenvalue weighted by Crippen LogP contribution is -2.50. The molecule has 0 aromatic carbocycles. The first-order valence-corrected chi connectivity index (χ1v) is 9.30. The highest BCUT2D eigenvalue weighted by molar-refractivity contribution is 9.09. The maximum Gasteiger partial charge on any atom is 0.238 e. The molecule has 2 aliphatic rings. The zero-order valence-corrected chi connectivity index (χ0v) is 12.8. The normalized spacial score (nSPS) is 35.9. The highest BCUT2D eigenvalue weighted by Crippen LogP contribution is 2.26. The molecule has 1 aliphatic carbocycles. The predicted octanol–water partition coefficient (Wildman–Crippen LogP) is 1.78. The largest absolute Gasteiger partial charge is 0.351 e. The van der Waals surface area contributed by atoms with Crippen molar-refractivity contribution in [3.05, 3.63) is 0 Å². The van der Waals surface area contributed by atoms with Crippen molar-refractivity contribution in [3.8, 4) is 0 Å². The van der Waals surface area contributed by atoms with Gasteiger partial charge in [-0.1, -0.05) is 35.2 Å².